The Bertz CT molecular complexity index is 1080. The maximum atomic E-state index is 12.4. The summed E-state index contributed by atoms with van der Waals surface area (Å²) in [6, 6.07) is 14.2. The number of carboxylic acid groups (broad SMARTS) is 1. The third kappa shape index (κ3) is 7.21. The first kappa shape index (κ1) is 26.5. The van der Waals surface area contributed by atoms with Crippen molar-refractivity contribution in [2.75, 3.05) is 19.7 Å². The molecule has 1 aliphatic carbocycles. The van der Waals surface area contributed by atoms with Crippen LogP contribution in [0, 0.1) is 0 Å². The number of hydrogen-bond donors (Lipinski definition) is 4. The van der Waals surface area contributed by atoms with Gasteiger partial charge in [0.05, 0.1) is 6.42 Å². The second-order valence-corrected chi connectivity index (χ2v) is 9.34. The van der Waals surface area contributed by atoms with Gasteiger partial charge < -0.3 is 30.5 Å². The van der Waals surface area contributed by atoms with Crippen molar-refractivity contribution in [2.24, 2.45) is 0 Å². The number of carbonyl (C=O) groups excluding carboxylic acids is 3. The van der Waals surface area contributed by atoms with E-state index in [-0.39, 0.29) is 25.6 Å². The topological polar surface area (TPSA) is 143 Å². The molecule has 1 atom stereocenters. The fourth-order valence-electron chi connectivity index (χ4n) is 3.92. The van der Waals surface area contributed by atoms with Crippen LogP contribution in [0.25, 0.3) is 11.1 Å². The van der Waals surface area contributed by atoms with Crippen molar-refractivity contribution in [2.45, 2.75) is 44.8 Å². The number of benzene rings is 2. The average molecular weight is 498 g/mol. The monoisotopic (exact) mass is 497 g/mol. The van der Waals surface area contributed by atoms with Gasteiger partial charge in [0.2, 0.25) is 5.91 Å². The summed E-state index contributed by atoms with van der Waals surface area (Å²) in [6.45, 7) is 5.36. The highest BCUT2D eigenvalue weighted by atomic mass is 16.6. The number of fused-ring (bicyclic) bond motifs is 3. The summed E-state index contributed by atoms with van der Waals surface area (Å²) in [5.74, 6) is -2.15. The summed E-state index contributed by atoms with van der Waals surface area (Å²) in [5, 5.41) is 16.7. The number of rotatable bonds is 9. The van der Waals surface area contributed by atoms with Crippen LogP contribution in [0.15, 0.2) is 48.5 Å². The highest BCUT2D eigenvalue weighted by molar-refractivity contribution is 5.87. The summed E-state index contributed by atoms with van der Waals surface area (Å²) in [4.78, 5) is 47.7. The number of carbonyl (C=O) groups is 4. The fraction of sp³-hybridized carbons (Fsp3) is 0.385. The lowest BCUT2D eigenvalue weighted by atomic mass is 9.98. The van der Waals surface area contributed by atoms with Crippen molar-refractivity contribution in [3.05, 3.63) is 59.7 Å². The maximum absolute atomic E-state index is 12.4. The normalized spacial score (nSPS) is 13.1. The average Bonchev–Trinajstić information content (AvgIpc) is 3.12. The highest BCUT2D eigenvalue weighted by Crippen LogP contribution is 2.44. The summed E-state index contributed by atoms with van der Waals surface area (Å²) >= 11 is 0. The van der Waals surface area contributed by atoms with Gasteiger partial charge in [0.25, 0.3) is 0 Å². The van der Waals surface area contributed by atoms with E-state index in [1.807, 2.05) is 48.5 Å². The molecule has 1 aliphatic rings. The van der Waals surface area contributed by atoms with Crippen molar-refractivity contribution in [3.8, 4) is 11.1 Å². The Balaban J connectivity index is 1.47. The molecule has 36 heavy (non-hydrogen) atoms. The van der Waals surface area contributed by atoms with Crippen molar-refractivity contribution in [1.82, 2.24) is 16.0 Å². The Hall–Kier alpha value is -4.08. The van der Waals surface area contributed by atoms with Gasteiger partial charge in [-0.1, -0.05) is 48.5 Å². The Kier molecular flexibility index (Phi) is 8.52. The van der Waals surface area contributed by atoms with Crippen molar-refractivity contribution in [3.63, 3.8) is 0 Å². The Morgan fingerprint density at radius 1 is 0.889 bits per heavy atom. The molecule has 0 heterocycles. The van der Waals surface area contributed by atoms with Crippen LogP contribution in [-0.4, -0.2) is 60.5 Å². The van der Waals surface area contributed by atoms with Crippen LogP contribution < -0.4 is 16.0 Å². The minimum Gasteiger partial charge on any atom is -0.480 e. The molecule has 3 amide bonds. The van der Waals surface area contributed by atoms with E-state index in [4.69, 9.17) is 9.47 Å². The number of hydrogen-bond acceptors (Lipinski definition) is 6. The second-order valence-electron chi connectivity index (χ2n) is 9.34. The first-order chi connectivity index (χ1) is 17.0. The molecule has 2 aromatic carbocycles. The number of carboxylic acids is 1. The maximum Gasteiger partial charge on any atom is 0.407 e. The minimum atomic E-state index is -1.47. The van der Waals surface area contributed by atoms with Crippen LogP contribution in [0.4, 0.5) is 9.59 Å². The number of amides is 3. The molecule has 3 rings (SSSR count). The Morgan fingerprint density at radius 2 is 1.44 bits per heavy atom. The largest absolute Gasteiger partial charge is 0.480 e. The third-order valence-corrected chi connectivity index (χ3v) is 5.44. The summed E-state index contributed by atoms with van der Waals surface area (Å²) < 4.78 is 10.4. The van der Waals surface area contributed by atoms with Crippen molar-refractivity contribution < 1.29 is 33.8 Å². The lowest BCUT2D eigenvalue weighted by molar-refractivity contribution is -0.141. The molecule has 0 fully saturated rings. The van der Waals surface area contributed by atoms with Crippen LogP contribution in [0.1, 0.15) is 44.2 Å². The molecule has 4 N–H and O–H groups in total. The van der Waals surface area contributed by atoms with Gasteiger partial charge >= 0.3 is 18.2 Å². The molecule has 0 radical (unpaired) electrons. The number of aliphatic carboxylic acids is 1. The van der Waals surface area contributed by atoms with E-state index in [1.54, 1.807) is 20.8 Å². The van der Waals surface area contributed by atoms with Gasteiger partial charge in [-0.2, -0.15) is 0 Å². The van der Waals surface area contributed by atoms with Crippen LogP contribution in [0.3, 0.4) is 0 Å². The zero-order valence-electron chi connectivity index (χ0n) is 20.5. The standard InChI is InChI=1S/C26H31N3O7/c1-26(2,3)36-24(33)28-13-12-27-22(30)14-21(23(31)32)29-25(34)35-15-20-18-10-6-4-8-16(18)17-9-5-7-11-19(17)20/h4-11,20-21H,12-15H2,1-3H3,(H,27,30)(H,28,33)(H,29,34)(H,31,32)/t21-/m0/s1. The molecule has 0 unspecified atom stereocenters. The quantitative estimate of drug-likeness (QED) is 0.390. The van der Waals surface area contributed by atoms with E-state index >= 15 is 0 Å². The van der Waals surface area contributed by atoms with Gasteiger partial charge in [0.1, 0.15) is 18.2 Å². The predicted molar refractivity (Wildman–Crippen MR) is 131 cm³/mol. The van der Waals surface area contributed by atoms with E-state index in [1.165, 1.54) is 0 Å². The Labute approximate surface area is 209 Å². The number of ether oxygens (including phenoxy) is 2. The first-order valence-electron chi connectivity index (χ1n) is 11.6. The van der Waals surface area contributed by atoms with Crippen molar-refractivity contribution in [1.29, 1.82) is 0 Å². The fourth-order valence-corrected chi connectivity index (χ4v) is 3.92. The van der Waals surface area contributed by atoms with Gasteiger partial charge in [-0.3, -0.25) is 4.79 Å². The molecule has 0 saturated carbocycles. The van der Waals surface area contributed by atoms with Crippen LogP contribution in [0.5, 0.6) is 0 Å². The van der Waals surface area contributed by atoms with Gasteiger partial charge in [0.15, 0.2) is 0 Å². The summed E-state index contributed by atoms with van der Waals surface area (Å²) in [7, 11) is 0. The summed E-state index contributed by atoms with van der Waals surface area (Å²) in [5.41, 5.74) is 3.56. The highest BCUT2D eigenvalue weighted by Gasteiger charge is 2.30. The molecular formula is C26H31N3O7. The predicted octanol–water partition coefficient (Wildman–Crippen LogP) is 3.01. The van der Waals surface area contributed by atoms with Crippen LogP contribution in [-0.2, 0) is 19.1 Å². The van der Waals surface area contributed by atoms with E-state index < -0.39 is 42.1 Å². The Morgan fingerprint density at radius 3 is 2.00 bits per heavy atom. The smallest absolute Gasteiger partial charge is 0.407 e. The molecule has 0 aromatic heterocycles. The third-order valence-electron chi connectivity index (χ3n) is 5.44. The van der Waals surface area contributed by atoms with Crippen LogP contribution >= 0.6 is 0 Å². The molecule has 0 saturated heterocycles. The molecule has 0 spiro atoms. The molecule has 10 nitrogen and oxygen atoms in total. The molecule has 10 heteroatoms. The summed E-state index contributed by atoms with van der Waals surface area (Å²) in [6.07, 6.45) is -2.05. The van der Waals surface area contributed by atoms with Gasteiger partial charge in [0, 0.05) is 19.0 Å². The number of alkyl carbamates (subject to hydrolysis) is 2. The van der Waals surface area contributed by atoms with E-state index in [0.717, 1.165) is 22.3 Å². The zero-order chi connectivity index (χ0) is 26.3. The SMILES string of the molecule is CC(C)(C)OC(=O)NCCNC(=O)C[C@H](NC(=O)OCC1c2ccccc2-c2ccccc21)C(=O)O. The van der Waals surface area contributed by atoms with E-state index in [0.29, 0.717) is 0 Å². The zero-order valence-corrected chi connectivity index (χ0v) is 20.5. The van der Waals surface area contributed by atoms with Crippen LogP contribution in [0.2, 0.25) is 0 Å². The van der Waals surface area contributed by atoms with Gasteiger partial charge in [-0.25, -0.2) is 14.4 Å². The number of nitrogens with one attached hydrogen (secondary N) is 3. The lowest BCUT2D eigenvalue weighted by Gasteiger charge is -2.19. The van der Waals surface area contributed by atoms with Gasteiger partial charge in [-0.15, -0.1) is 0 Å². The van der Waals surface area contributed by atoms with E-state index in [9.17, 15) is 24.3 Å². The van der Waals surface area contributed by atoms with Gasteiger partial charge in [-0.05, 0) is 43.0 Å². The molecule has 0 bridgehead atoms. The lowest BCUT2D eigenvalue weighted by Crippen LogP contribution is -2.45. The second kappa shape index (κ2) is 11.6. The molecule has 192 valence electrons. The molecule has 0 aliphatic heterocycles. The molecule has 2 aromatic rings. The molecular weight excluding hydrogens is 466 g/mol. The van der Waals surface area contributed by atoms with E-state index in [2.05, 4.69) is 16.0 Å². The van der Waals surface area contributed by atoms with Crippen molar-refractivity contribution >= 4 is 24.1 Å². The minimum absolute atomic E-state index is 0.0225. The first-order valence-corrected chi connectivity index (χ1v) is 11.6.